The molecule has 140 valence electrons. The van der Waals surface area contributed by atoms with Gasteiger partial charge in [0.1, 0.15) is 11.4 Å². The van der Waals surface area contributed by atoms with Gasteiger partial charge in [-0.1, -0.05) is 45.9 Å². The first kappa shape index (κ1) is 18.6. The number of benzene rings is 2. The molecule has 0 aliphatic heterocycles. The van der Waals surface area contributed by atoms with Crippen LogP contribution in [0.3, 0.4) is 0 Å². The molecule has 8 heteroatoms. The molecule has 28 heavy (non-hydrogen) atoms. The number of carbonyl (C=O) groups is 1. The van der Waals surface area contributed by atoms with Crippen molar-refractivity contribution in [2.24, 2.45) is 0 Å². The standard InChI is InChI=1S/C20H16BrN5OS/c1-13-9-14(7-8-17(13)21)25-18(27)11-28-20-16-10-24-26(19(16)22-12-23-20)15-5-3-2-4-6-15/h2-10,12H,11H2,1H3,(H,25,27). The van der Waals surface area contributed by atoms with Gasteiger partial charge in [-0.15, -0.1) is 0 Å². The number of fused-ring (bicyclic) bond motifs is 1. The first-order chi connectivity index (χ1) is 13.6. The summed E-state index contributed by atoms with van der Waals surface area (Å²) in [5.74, 6) is 0.159. The van der Waals surface area contributed by atoms with Crippen LogP contribution in [0.15, 0.2) is 70.6 Å². The summed E-state index contributed by atoms with van der Waals surface area (Å²) in [6.45, 7) is 1.98. The van der Waals surface area contributed by atoms with E-state index in [2.05, 4.69) is 36.3 Å². The predicted molar refractivity (Wildman–Crippen MR) is 115 cm³/mol. The average Bonchev–Trinajstić information content (AvgIpc) is 3.15. The molecule has 0 spiro atoms. The van der Waals surface area contributed by atoms with E-state index in [9.17, 15) is 4.79 Å². The van der Waals surface area contributed by atoms with E-state index in [4.69, 9.17) is 0 Å². The lowest BCUT2D eigenvalue weighted by atomic mass is 10.2. The van der Waals surface area contributed by atoms with E-state index in [0.717, 1.165) is 31.8 Å². The van der Waals surface area contributed by atoms with Gasteiger partial charge in [0.2, 0.25) is 5.91 Å². The van der Waals surface area contributed by atoms with Crippen LogP contribution in [0.5, 0.6) is 0 Å². The van der Waals surface area contributed by atoms with E-state index < -0.39 is 0 Å². The van der Waals surface area contributed by atoms with Gasteiger partial charge in [0, 0.05) is 10.2 Å². The number of anilines is 1. The number of hydrogen-bond donors (Lipinski definition) is 1. The zero-order valence-corrected chi connectivity index (χ0v) is 17.4. The Morgan fingerprint density at radius 2 is 2.00 bits per heavy atom. The van der Waals surface area contributed by atoms with Crippen molar-refractivity contribution in [2.45, 2.75) is 11.9 Å². The molecule has 0 unspecified atom stereocenters. The third-order valence-electron chi connectivity index (χ3n) is 4.11. The van der Waals surface area contributed by atoms with Gasteiger partial charge in [0.05, 0.1) is 23.0 Å². The zero-order chi connectivity index (χ0) is 19.5. The van der Waals surface area contributed by atoms with E-state index in [0.29, 0.717) is 5.65 Å². The third-order valence-corrected chi connectivity index (χ3v) is 6.01. The Morgan fingerprint density at radius 1 is 1.18 bits per heavy atom. The number of amides is 1. The molecule has 0 fully saturated rings. The van der Waals surface area contributed by atoms with Crippen molar-refractivity contribution in [3.63, 3.8) is 0 Å². The Balaban J connectivity index is 1.50. The number of carbonyl (C=O) groups excluding carboxylic acids is 1. The second-order valence-electron chi connectivity index (χ2n) is 6.11. The number of rotatable bonds is 5. The maximum absolute atomic E-state index is 12.3. The Kier molecular flexibility index (Phi) is 5.40. The molecule has 1 amide bonds. The first-order valence-corrected chi connectivity index (χ1v) is 10.3. The highest BCUT2D eigenvalue weighted by Crippen LogP contribution is 2.26. The lowest BCUT2D eigenvalue weighted by molar-refractivity contribution is -0.113. The van der Waals surface area contributed by atoms with Crippen molar-refractivity contribution in [1.82, 2.24) is 19.7 Å². The molecule has 0 aliphatic carbocycles. The van der Waals surface area contributed by atoms with Crippen LogP contribution in [0.1, 0.15) is 5.56 Å². The number of hydrogen-bond acceptors (Lipinski definition) is 5. The topological polar surface area (TPSA) is 72.7 Å². The molecule has 1 N–H and O–H groups in total. The van der Waals surface area contributed by atoms with Gasteiger partial charge in [-0.3, -0.25) is 4.79 Å². The molecule has 2 aromatic carbocycles. The van der Waals surface area contributed by atoms with Crippen LogP contribution in [-0.4, -0.2) is 31.4 Å². The molecule has 2 aromatic heterocycles. The highest BCUT2D eigenvalue weighted by atomic mass is 79.9. The monoisotopic (exact) mass is 453 g/mol. The van der Waals surface area contributed by atoms with Crippen LogP contribution in [0, 0.1) is 6.92 Å². The van der Waals surface area contributed by atoms with Crippen molar-refractivity contribution in [1.29, 1.82) is 0 Å². The normalized spacial score (nSPS) is 10.9. The van der Waals surface area contributed by atoms with E-state index in [1.807, 2.05) is 55.5 Å². The molecular weight excluding hydrogens is 438 g/mol. The first-order valence-electron chi connectivity index (χ1n) is 8.55. The van der Waals surface area contributed by atoms with Gasteiger partial charge in [-0.05, 0) is 42.8 Å². The molecule has 0 saturated heterocycles. The molecule has 0 saturated carbocycles. The molecule has 2 heterocycles. The molecule has 0 bridgehead atoms. The molecule has 4 rings (SSSR count). The fourth-order valence-corrected chi connectivity index (χ4v) is 3.76. The van der Waals surface area contributed by atoms with Crippen LogP contribution in [0.2, 0.25) is 0 Å². The van der Waals surface area contributed by atoms with Crippen molar-refractivity contribution in [2.75, 3.05) is 11.1 Å². The van der Waals surface area contributed by atoms with Gasteiger partial charge in [0.15, 0.2) is 5.65 Å². The van der Waals surface area contributed by atoms with Crippen LogP contribution in [0.4, 0.5) is 5.69 Å². The van der Waals surface area contributed by atoms with Crippen molar-refractivity contribution in [3.05, 3.63) is 71.1 Å². The predicted octanol–water partition coefficient (Wildman–Crippen LogP) is 4.62. The number of nitrogens with zero attached hydrogens (tertiary/aromatic N) is 4. The Bertz CT molecular complexity index is 1150. The second kappa shape index (κ2) is 8.12. The number of thioether (sulfide) groups is 1. The summed E-state index contributed by atoms with van der Waals surface area (Å²) < 4.78 is 2.78. The smallest absolute Gasteiger partial charge is 0.234 e. The largest absolute Gasteiger partial charge is 0.325 e. The summed E-state index contributed by atoms with van der Waals surface area (Å²) in [7, 11) is 0. The fourth-order valence-electron chi connectivity index (χ4n) is 2.75. The van der Waals surface area contributed by atoms with E-state index in [-0.39, 0.29) is 11.7 Å². The van der Waals surface area contributed by atoms with Crippen LogP contribution >= 0.6 is 27.7 Å². The number of para-hydroxylation sites is 1. The van der Waals surface area contributed by atoms with Crippen LogP contribution < -0.4 is 5.32 Å². The Morgan fingerprint density at radius 3 is 2.79 bits per heavy atom. The summed E-state index contributed by atoms with van der Waals surface area (Å²) in [6.07, 6.45) is 3.24. The highest BCUT2D eigenvalue weighted by Gasteiger charge is 2.13. The summed E-state index contributed by atoms with van der Waals surface area (Å²) in [5, 5.41) is 8.90. The molecule has 0 atom stereocenters. The number of aryl methyl sites for hydroxylation is 1. The van der Waals surface area contributed by atoms with Gasteiger partial charge in [-0.25, -0.2) is 14.6 Å². The van der Waals surface area contributed by atoms with Crippen molar-refractivity contribution >= 4 is 50.3 Å². The van der Waals surface area contributed by atoms with Crippen LogP contribution in [0.25, 0.3) is 16.7 Å². The fraction of sp³-hybridized carbons (Fsp3) is 0.100. The van der Waals surface area contributed by atoms with Gasteiger partial charge < -0.3 is 5.32 Å². The van der Waals surface area contributed by atoms with E-state index in [1.54, 1.807) is 10.9 Å². The number of nitrogens with one attached hydrogen (secondary N) is 1. The highest BCUT2D eigenvalue weighted by molar-refractivity contribution is 9.10. The van der Waals surface area contributed by atoms with Gasteiger partial charge in [-0.2, -0.15) is 5.10 Å². The average molecular weight is 454 g/mol. The third kappa shape index (κ3) is 3.93. The molecule has 6 nitrogen and oxygen atoms in total. The minimum Gasteiger partial charge on any atom is -0.325 e. The maximum Gasteiger partial charge on any atom is 0.234 e. The molecule has 4 aromatic rings. The summed E-state index contributed by atoms with van der Waals surface area (Å²) in [6, 6.07) is 15.5. The molecular formula is C20H16BrN5OS. The quantitative estimate of drug-likeness (QED) is 0.352. The van der Waals surface area contributed by atoms with Crippen molar-refractivity contribution in [3.8, 4) is 5.69 Å². The van der Waals surface area contributed by atoms with E-state index in [1.165, 1.54) is 18.1 Å². The zero-order valence-electron chi connectivity index (χ0n) is 15.0. The Labute approximate surface area is 174 Å². The van der Waals surface area contributed by atoms with E-state index >= 15 is 0 Å². The number of halogens is 1. The second-order valence-corrected chi connectivity index (χ2v) is 7.93. The lowest BCUT2D eigenvalue weighted by Crippen LogP contribution is -2.14. The minimum atomic E-state index is -0.0889. The van der Waals surface area contributed by atoms with Gasteiger partial charge >= 0.3 is 0 Å². The Hall–Kier alpha value is -2.71. The molecule has 0 radical (unpaired) electrons. The van der Waals surface area contributed by atoms with Crippen molar-refractivity contribution < 1.29 is 4.79 Å². The summed E-state index contributed by atoms with van der Waals surface area (Å²) in [5.41, 5.74) is 3.48. The van der Waals surface area contributed by atoms with Crippen LogP contribution in [-0.2, 0) is 4.79 Å². The SMILES string of the molecule is Cc1cc(NC(=O)CSc2ncnc3c2cnn3-c2ccccc2)ccc1Br. The maximum atomic E-state index is 12.3. The lowest BCUT2D eigenvalue weighted by Gasteiger charge is -2.07. The summed E-state index contributed by atoms with van der Waals surface area (Å²) in [4.78, 5) is 21.0. The summed E-state index contributed by atoms with van der Waals surface area (Å²) >= 11 is 4.83. The molecule has 0 aliphatic rings. The minimum absolute atomic E-state index is 0.0889. The number of aromatic nitrogens is 4. The van der Waals surface area contributed by atoms with Gasteiger partial charge in [0.25, 0.3) is 0 Å².